The molecule has 0 atom stereocenters. The normalized spacial score (nSPS) is 12.3. The number of fused-ring (bicyclic) bond motifs is 5. The van der Waals surface area contributed by atoms with Crippen molar-refractivity contribution in [2.24, 2.45) is 0 Å². The van der Waals surface area contributed by atoms with Crippen LogP contribution in [-0.2, 0) is 5.75 Å². The molecule has 35 heavy (non-hydrogen) atoms. The van der Waals surface area contributed by atoms with Crippen LogP contribution in [0.5, 0.6) is 0 Å². The number of thioether (sulfide) groups is 1. The second kappa shape index (κ2) is 8.30. The average molecular weight is 467 g/mol. The fraction of sp³-hybridized carbons (Fsp3) is 0.0312. The third-order valence-corrected chi connectivity index (χ3v) is 7.72. The van der Waals surface area contributed by atoms with Crippen molar-refractivity contribution >= 4 is 22.8 Å². The van der Waals surface area contributed by atoms with Gasteiger partial charge >= 0.3 is 0 Å². The van der Waals surface area contributed by atoms with Gasteiger partial charge in [-0.3, -0.25) is 4.57 Å². The highest BCUT2D eigenvalue weighted by Crippen LogP contribution is 2.43. The molecule has 2 heterocycles. The molecule has 0 spiro atoms. The standard InChI is InChI=1S/C32H22N2S/c1-3-10-22(11-4-1)26-14-9-15-27(23-12-5-2-6-13-23)31(26)24-18-19-29-25(20-24)21-35-32-33-28-16-7-8-17-30(28)34(29)32/h1-20H,21H2. The van der Waals surface area contributed by atoms with Crippen LogP contribution in [0.2, 0.25) is 0 Å². The summed E-state index contributed by atoms with van der Waals surface area (Å²) in [7, 11) is 0. The second-order valence-electron chi connectivity index (χ2n) is 8.81. The van der Waals surface area contributed by atoms with E-state index in [1.807, 2.05) is 11.8 Å². The Hall–Kier alpha value is -4.08. The first-order chi connectivity index (χ1) is 17.4. The Kier molecular flexibility index (Phi) is 4.81. The third-order valence-electron chi connectivity index (χ3n) is 6.73. The molecule has 0 amide bonds. The van der Waals surface area contributed by atoms with E-state index in [-0.39, 0.29) is 0 Å². The third kappa shape index (κ3) is 3.39. The highest BCUT2D eigenvalue weighted by Gasteiger charge is 2.22. The van der Waals surface area contributed by atoms with Crippen LogP contribution in [-0.4, -0.2) is 9.55 Å². The van der Waals surface area contributed by atoms with Gasteiger partial charge in [0.15, 0.2) is 5.16 Å². The monoisotopic (exact) mass is 466 g/mol. The van der Waals surface area contributed by atoms with Gasteiger partial charge in [-0.25, -0.2) is 4.98 Å². The van der Waals surface area contributed by atoms with Gasteiger partial charge in [-0.1, -0.05) is 109 Å². The molecular formula is C32H22N2S. The SMILES string of the molecule is c1ccc(-c2cccc(-c3ccccc3)c2-c2ccc3c(c2)CSc2nc4ccccc4n2-3)cc1. The number of para-hydroxylation sites is 2. The average Bonchev–Trinajstić information content (AvgIpc) is 3.32. The van der Waals surface area contributed by atoms with Crippen molar-refractivity contribution in [1.29, 1.82) is 0 Å². The quantitative estimate of drug-likeness (QED) is 0.260. The van der Waals surface area contributed by atoms with Crippen LogP contribution in [0.1, 0.15) is 5.56 Å². The maximum absolute atomic E-state index is 4.87. The fourth-order valence-electron chi connectivity index (χ4n) is 5.13. The molecule has 0 bridgehead atoms. The lowest BCUT2D eigenvalue weighted by molar-refractivity contribution is 0.895. The minimum absolute atomic E-state index is 0.917. The molecule has 2 nitrogen and oxygen atoms in total. The summed E-state index contributed by atoms with van der Waals surface area (Å²) in [6.45, 7) is 0. The van der Waals surface area contributed by atoms with Crippen molar-refractivity contribution in [2.75, 3.05) is 0 Å². The van der Waals surface area contributed by atoms with Crippen molar-refractivity contribution in [1.82, 2.24) is 9.55 Å². The molecule has 0 saturated heterocycles. The van der Waals surface area contributed by atoms with Gasteiger partial charge in [0.25, 0.3) is 0 Å². The molecule has 0 unspecified atom stereocenters. The zero-order chi connectivity index (χ0) is 23.2. The fourth-order valence-corrected chi connectivity index (χ4v) is 6.13. The van der Waals surface area contributed by atoms with Gasteiger partial charge in [0.1, 0.15) is 0 Å². The smallest absolute Gasteiger partial charge is 0.174 e. The van der Waals surface area contributed by atoms with Crippen LogP contribution >= 0.6 is 11.8 Å². The van der Waals surface area contributed by atoms with Gasteiger partial charge in [-0.2, -0.15) is 0 Å². The summed E-state index contributed by atoms with van der Waals surface area (Å²) < 4.78 is 2.31. The molecule has 0 N–H and O–H groups in total. The number of aromatic nitrogens is 2. The molecule has 0 saturated carbocycles. The Labute approximate surface area is 208 Å². The predicted molar refractivity (Wildman–Crippen MR) is 147 cm³/mol. The number of imidazole rings is 1. The first-order valence-electron chi connectivity index (χ1n) is 11.8. The number of benzene rings is 5. The molecule has 1 aliphatic rings. The van der Waals surface area contributed by atoms with Gasteiger partial charge in [-0.05, 0) is 63.2 Å². The van der Waals surface area contributed by atoms with Crippen LogP contribution in [0.15, 0.2) is 126 Å². The predicted octanol–water partition coefficient (Wildman–Crippen LogP) is 8.63. The van der Waals surface area contributed by atoms with Gasteiger partial charge < -0.3 is 0 Å². The van der Waals surface area contributed by atoms with E-state index in [0.29, 0.717) is 0 Å². The van der Waals surface area contributed by atoms with Crippen LogP contribution in [0.4, 0.5) is 0 Å². The zero-order valence-electron chi connectivity index (χ0n) is 19.1. The van der Waals surface area contributed by atoms with Gasteiger partial charge in [0.2, 0.25) is 0 Å². The van der Waals surface area contributed by atoms with Crippen LogP contribution in [0, 0.1) is 0 Å². The molecule has 6 aromatic rings. The van der Waals surface area contributed by atoms with E-state index < -0.39 is 0 Å². The van der Waals surface area contributed by atoms with E-state index in [4.69, 9.17) is 4.98 Å². The minimum Gasteiger partial charge on any atom is -0.287 e. The molecule has 0 fully saturated rings. The van der Waals surface area contributed by atoms with E-state index in [1.165, 1.54) is 50.1 Å². The summed E-state index contributed by atoms with van der Waals surface area (Å²) in [5.41, 5.74) is 12.3. The molecule has 0 aliphatic carbocycles. The second-order valence-corrected chi connectivity index (χ2v) is 9.75. The van der Waals surface area contributed by atoms with Crippen LogP contribution in [0.3, 0.4) is 0 Å². The van der Waals surface area contributed by atoms with Crippen LogP contribution in [0.25, 0.3) is 50.1 Å². The number of hydrogen-bond donors (Lipinski definition) is 0. The largest absolute Gasteiger partial charge is 0.287 e. The van der Waals surface area contributed by atoms with E-state index in [9.17, 15) is 0 Å². The molecule has 1 aromatic heterocycles. The maximum Gasteiger partial charge on any atom is 0.174 e. The molecule has 7 rings (SSSR count). The van der Waals surface area contributed by atoms with Gasteiger partial charge in [0, 0.05) is 5.75 Å². The van der Waals surface area contributed by atoms with Crippen molar-refractivity contribution in [3.05, 3.63) is 127 Å². The summed E-state index contributed by atoms with van der Waals surface area (Å²) in [6, 6.07) is 43.4. The molecule has 1 aliphatic heterocycles. The number of rotatable bonds is 3. The lowest BCUT2D eigenvalue weighted by atomic mass is 9.87. The lowest BCUT2D eigenvalue weighted by Gasteiger charge is -2.22. The maximum atomic E-state index is 4.87. The molecule has 5 aromatic carbocycles. The Bertz CT molecular complexity index is 1630. The van der Waals surface area contributed by atoms with E-state index in [1.54, 1.807) is 0 Å². The summed E-state index contributed by atoms with van der Waals surface area (Å²) in [4.78, 5) is 4.87. The Morgan fingerprint density at radius 2 is 1.26 bits per heavy atom. The van der Waals surface area contributed by atoms with E-state index in [2.05, 4.69) is 126 Å². The molecule has 0 radical (unpaired) electrons. The number of nitrogens with zero attached hydrogens (tertiary/aromatic N) is 2. The van der Waals surface area contributed by atoms with Crippen molar-refractivity contribution in [3.8, 4) is 39.1 Å². The van der Waals surface area contributed by atoms with Crippen molar-refractivity contribution < 1.29 is 0 Å². The Morgan fingerprint density at radius 3 is 1.97 bits per heavy atom. The number of hydrogen-bond acceptors (Lipinski definition) is 2. The van der Waals surface area contributed by atoms with E-state index >= 15 is 0 Å². The zero-order valence-corrected chi connectivity index (χ0v) is 19.9. The summed E-state index contributed by atoms with van der Waals surface area (Å²) in [5, 5.41) is 1.07. The minimum atomic E-state index is 0.917. The lowest BCUT2D eigenvalue weighted by Crippen LogP contribution is -2.06. The Morgan fingerprint density at radius 1 is 0.600 bits per heavy atom. The topological polar surface area (TPSA) is 17.8 Å². The van der Waals surface area contributed by atoms with Crippen molar-refractivity contribution in [2.45, 2.75) is 10.9 Å². The first-order valence-corrected chi connectivity index (χ1v) is 12.8. The van der Waals surface area contributed by atoms with Gasteiger partial charge in [-0.15, -0.1) is 0 Å². The first kappa shape index (κ1) is 20.3. The van der Waals surface area contributed by atoms with Crippen molar-refractivity contribution in [3.63, 3.8) is 0 Å². The molecule has 166 valence electrons. The summed E-state index contributed by atoms with van der Waals surface area (Å²) >= 11 is 1.81. The van der Waals surface area contributed by atoms with E-state index in [0.717, 1.165) is 16.4 Å². The summed E-state index contributed by atoms with van der Waals surface area (Å²) in [6.07, 6.45) is 0. The highest BCUT2D eigenvalue weighted by molar-refractivity contribution is 7.98. The molecular weight excluding hydrogens is 444 g/mol. The summed E-state index contributed by atoms with van der Waals surface area (Å²) in [5.74, 6) is 0.917. The molecule has 3 heteroatoms. The van der Waals surface area contributed by atoms with Gasteiger partial charge in [0.05, 0.1) is 16.7 Å². The van der Waals surface area contributed by atoms with Crippen LogP contribution < -0.4 is 0 Å². The Balaban J connectivity index is 1.46. The highest BCUT2D eigenvalue weighted by atomic mass is 32.2.